The topological polar surface area (TPSA) is 17.1 Å². The lowest BCUT2D eigenvalue weighted by Gasteiger charge is -1.90. The lowest BCUT2D eigenvalue weighted by atomic mass is 10.2. The van der Waals surface area contributed by atoms with Crippen LogP contribution in [0.3, 0.4) is 0 Å². The average Bonchev–Trinajstić information content (AvgIpc) is 2.60. The number of hydrogen-bond acceptors (Lipinski definition) is 2. The fourth-order valence-electron chi connectivity index (χ4n) is 0.787. The van der Waals surface area contributed by atoms with Crippen LogP contribution >= 0.6 is 11.3 Å². The van der Waals surface area contributed by atoms with Crippen molar-refractivity contribution in [3.05, 3.63) is 22.4 Å². The number of ketones is 1. The van der Waals surface area contributed by atoms with E-state index in [1.807, 2.05) is 38.3 Å². The standard InChI is InChI=1S/C8H10OS.C2H6/c1-2-4-7(9)8-5-3-6-10-8;1-2/h3,5-6H,2,4H2,1H3;1-2H3. The zero-order valence-electron chi connectivity index (χ0n) is 7.96. The Morgan fingerprint density at radius 3 is 2.58 bits per heavy atom. The molecule has 1 rings (SSSR count). The van der Waals surface area contributed by atoms with Crippen LogP contribution in [-0.4, -0.2) is 5.78 Å². The summed E-state index contributed by atoms with van der Waals surface area (Å²) in [6.07, 6.45) is 1.62. The summed E-state index contributed by atoms with van der Waals surface area (Å²) in [5, 5.41) is 1.93. The van der Waals surface area contributed by atoms with Gasteiger partial charge >= 0.3 is 0 Å². The molecule has 0 aliphatic carbocycles. The van der Waals surface area contributed by atoms with Gasteiger partial charge in [0.25, 0.3) is 0 Å². The summed E-state index contributed by atoms with van der Waals surface area (Å²) in [6.45, 7) is 6.02. The highest BCUT2D eigenvalue weighted by molar-refractivity contribution is 7.12. The maximum absolute atomic E-state index is 11.1. The van der Waals surface area contributed by atoms with Crippen molar-refractivity contribution in [2.24, 2.45) is 0 Å². The first-order chi connectivity index (χ1) is 5.84. The van der Waals surface area contributed by atoms with E-state index in [1.165, 1.54) is 11.3 Å². The van der Waals surface area contributed by atoms with E-state index in [-0.39, 0.29) is 5.78 Å². The summed E-state index contributed by atoms with van der Waals surface area (Å²) in [7, 11) is 0. The molecule has 0 aliphatic rings. The fraction of sp³-hybridized carbons (Fsp3) is 0.500. The van der Waals surface area contributed by atoms with E-state index in [4.69, 9.17) is 0 Å². The Kier molecular flexibility index (Phi) is 6.67. The molecule has 68 valence electrons. The predicted molar refractivity (Wildman–Crippen MR) is 54.9 cm³/mol. The third-order valence-corrected chi connectivity index (χ3v) is 2.18. The van der Waals surface area contributed by atoms with Crippen molar-refractivity contribution in [1.29, 1.82) is 0 Å². The molecule has 0 aliphatic heterocycles. The third-order valence-electron chi connectivity index (χ3n) is 1.27. The van der Waals surface area contributed by atoms with E-state index in [0.29, 0.717) is 6.42 Å². The predicted octanol–water partition coefficient (Wildman–Crippen LogP) is 3.76. The van der Waals surface area contributed by atoms with Gasteiger partial charge in [-0.25, -0.2) is 0 Å². The molecule has 0 saturated heterocycles. The van der Waals surface area contributed by atoms with Crippen LogP contribution in [0.5, 0.6) is 0 Å². The summed E-state index contributed by atoms with van der Waals surface area (Å²) < 4.78 is 0. The molecule has 0 radical (unpaired) electrons. The molecule has 1 aromatic rings. The third kappa shape index (κ3) is 3.67. The minimum Gasteiger partial charge on any atom is -0.293 e. The van der Waals surface area contributed by atoms with Crippen LogP contribution in [0.15, 0.2) is 17.5 Å². The first-order valence-corrected chi connectivity index (χ1v) is 5.29. The van der Waals surface area contributed by atoms with Gasteiger partial charge in [-0.15, -0.1) is 11.3 Å². The van der Waals surface area contributed by atoms with Gasteiger partial charge in [0.1, 0.15) is 0 Å². The van der Waals surface area contributed by atoms with Crippen LogP contribution in [0, 0.1) is 0 Å². The Bertz CT molecular complexity index is 202. The number of rotatable bonds is 3. The van der Waals surface area contributed by atoms with Gasteiger partial charge < -0.3 is 0 Å². The van der Waals surface area contributed by atoms with Crippen molar-refractivity contribution in [2.45, 2.75) is 33.6 Å². The van der Waals surface area contributed by atoms with Crippen molar-refractivity contribution in [1.82, 2.24) is 0 Å². The van der Waals surface area contributed by atoms with E-state index < -0.39 is 0 Å². The summed E-state index contributed by atoms with van der Waals surface area (Å²) >= 11 is 1.52. The Balaban J connectivity index is 0.000000561. The SMILES string of the molecule is CC.CCCC(=O)c1cccs1. The van der Waals surface area contributed by atoms with Gasteiger partial charge in [0, 0.05) is 6.42 Å². The van der Waals surface area contributed by atoms with Crippen molar-refractivity contribution in [2.75, 3.05) is 0 Å². The van der Waals surface area contributed by atoms with Crippen LogP contribution in [0.1, 0.15) is 43.3 Å². The normalized spacial score (nSPS) is 8.58. The molecular formula is C10H16OS. The molecule has 0 amide bonds. The molecule has 0 aromatic carbocycles. The quantitative estimate of drug-likeness (QED) is 0.654. The molecule has 0 bridgehead atoms. The second-order valence-corrected chi connectivity index (χ2v) is 3.10. The second kappa shape index (κ2) is 7.04. The fourth-order valence-corrected chi connectivity index (χ4v) is 1.48. The second-order valence-electron chi connectivity index (χ2n) is 2.15. The van der Waals surface area contributed by atoms with Crippen molar-refractivity contribution in [3.63, 3.8) is 0 Å². The lowest BCUT2D eigenvalue weighted by molar-refractivity contribution is 0.0985. The van der Waals surface area contributed by atoms with E-state index in [2.05, 4.69) is 0 Å². The maximum atomic E-state index is 11.1. The Labute approximate surface area is 78.4 Å². The van der Waals surface area contributed by atoms with Gasteiger partial charge in [0.15, 0.2) is 5.78 Å². The van der Waals surface area contributed by atoms with E-state index in [9.17, 15) is 4.79 Å². The average molecular weight is 184 g/mol. The van der Waals surface area contributed by atoms with E-state index >= 15 is 0 Å². The van der Waals surface area contributed by atoms with E-state index in [1.54, 1.807) is 0 Å². The maximum Gasteiger partial charge on any atom is 0.172 e. The molecule has 1 aromatic heterocycles. The van der Waals surface area contributed by atoms with Crippen molar-refractivity contribution >= 4 is 17.1 Å². The monoisotopic (exact) mass is 184 g/mol. The Morgan fingerprint density at radius 2 is 2.17 bits per heavy atom. The van der Waals surface area contributed by atoms with Crippen molar-refractivity contribution in [3.8, 4) is 0 Å². The van der Waals surface area contributed by atoms with Crippen LogP contribution in [0.2, 0.25) is 0 Å². The minimum absolute atomic E-state index is 0.275. The number of hydrogen-bond donors (Lipinski definition) is 0. The first-order valence-electron chi connectivity index (χ1n) is 4.41. The number of carbonyl (C=O) groups is 1. The highest BCUT2D eigenvalue weighted by Gasteiger charge is 2.03. The molecule has 12 heavy (non-hydrogen) atoms. The van der Waals surface area contributed by atoms with Gasteiger partial charge in [-0.2, -0.15) is 0 Å². The largest absolute Gasteiger partial charge is 0.293 e. The van der Waals surface area contributed by atoms with Gasteiger partial charge in [-0.1, -0.05) is 26.8 Å². The van der Waals surface area contributed by atoms with E-state index in [0.717, 1.165) is 11.3 Å². The molecule has 0 N–H and O–H groups in total. The van der Waals surface area contributed by atoms with Crippen LogP contribution in [-0.2, 0) is 0 Å². The molecule has 2 heteroatoms. The molecule has 0 atom stereocenters. The molecule has 0 fully saturated rings. The van der Waals surface area contributed by atoms with Crippen LogP contribution in [0.4, 0.5) is 0 Å². The molecule has 0 spiro atoms. The summed E-state index contributed by atoms with van der Waals surface area (Å²) in [5.41, 5.74) is 0. The highest BCUT2D eigenvalue weighted by atomic mass is 32.1. The van der Waals surface area contributed by atoms with Crippen molar-refractivity contribution < 1.29 is 4.79 Å². The summed E-state index contributed by atoms with van der Waals surface area (Å²) in [4.78, 5) is 12.0. The number of thiophene rings is 1. The van der Waals surface area contributed by atoms with Gasteiger partial charge in [0.05, 0.1) is 4.88 Å². The van der Waals surface area contributed by atoms with Gasteiger partial charge in [-0.3, -0.25) is 4.79 Å². The highest BCUT2D eigenvalue weighted by Crippen LogP contribution is 2.11. The zero-order chi connectivity index (χ0) is 9.40. The Hall–Kier alpha value is -0.630. The van der Waals surface area contributed by atoms with Gasteiger partial charge in [-0.05, 0) is 17.9 Å². The zero-order valence-corrected chi connectivity index (χ0v) is 8.78. The first kappa shape index (κ1) is 11.4. The minimum atomic E-state index is 0.275. The lowest BCUT2D eigenvalue weighted by Crippen LogP contribution is -1.92. The number of carbonyl (C=O) groups excluding carboxylic acids is 1. The number of Topliss-reactive ketones (excluding diaryl/α,β-unsaturated/α-hetero) is 1. The Morgan fingerprint density at radius 1 is 1.50 bits per heavy atom. The van der Waals surface area contributed by atoms with Gasteiger partial charge in [0.2, 0.25) is 0 Å². The summed E-state index contributed by atoms with van der Waals surface area (Å²) in [5.74, 6) is 0.275. The molecule has 0 unspecified atom stereocenters. The van der Waals surface area contributed by atoms with Crippen LogP contribution in [0.25, 0.3) is 0 Å². The molecule has 1 heterocycles. The molecular weight excluding hydrogens is 168 g/mol. The summed E-state index contributed by atoms with van der Waals surface area (Å²) in [6, 6.07) is 3.79. The molecule has 0 saturated carbocycles. The molecule has 1 nitrogen and oxygen atoms in total. The van der Waals surface area contributed by atoms with Crippen LogP contribution < -0.4 is 0 Å². The smallest absolute Gasteiger partial charge is 0.172 e.